The van der Waals surface area contributed by atoms with Crippen LogP contribution >= 0.6 is 23.2 Å². The molecule has 1 heterocycles. The third kappa shape index (κ3) is 5.23. The first kappa shape index (κ1) is 22.3. The van der Waals surface area contributed by atoms with Gasteiger partial charge in [-0.3, -0.25) is 4.79 Å². The number of hydrogen-bond acceptors (Lipinski definition) is 5. The fourth-order valence-electron chi connectivity index (χ4n) is 2.86. The van der Waals surface area contributed by atoms with Gasteiger partial charge in [-0.05, 0) is 43.7 Å². The summed E-state index contributed by atoms with van der Waals surface area (Å²) in [6, 6.07) is 15.6. The van der Waals surface area contributed by atoms with Crippen molar-refractivity contribution in [3.8, 4) is 6.07 Å². The fourth-order valence-corrected chi connectivity index (χ4v) is 3.37. The van der Waals surface area contributed by atoms with Crippen LogP contribution in [0.3, 0.4) is 0 Å². The predicted molar refractivity (Wildman–Crippen MR) is 117 cm³/mol. The van der Waals surface area contributed by atoms with Crippen molar-refractivity contribution in [1.29, 1.82) is 5.26 Å². The molecule has 0 fully saturated rings. The number of benzene rings is 2. The number of nitrogens with zero attached hydrogens (tertiary/aromatic N) is 3. The number of aryl methyl sites for hydroxylation is 1. The Balaban J connectivity index is 1.71. The Bertz CT molecular complexity index is 1180. The SMILES string of the molecule is Cc1nn(Cc2ccccc2Cl)c(Cl)c1C(=O)OC(C)C(=O)Nc1cccc(C#N)c1. The smallest absolute Gasteiger partial charge is 0.343 e. The van der Waals surface area contributed by atoms with Gasteiger partial charge in [-0.2, -0.15) is 10.4 Å². The van der Waals surface area contributed by atoms with Crippen LogP contribution in [0.25, 0.3) is 0 Å². The molecule has 3 aromatic rings. The van der Waals surface area contributed by atoms with Crippen molar-refractivity contribution >= 4 is 40.8 Å². The number of amides is 1. The molecule has 0 saturated heterocycles. The summed E-state index contributed by atoms with van der Waals surface area (Å²) in [5.41, 5.74) is 2.07. The number of anilines is 1. The lowest BCUT2D eigenvalue weighted by Crippen LogP contribution is -2.30. The van der Waals surface area contributed by atoms with Crippen LogP contribution in [0.15, 0.2) is 48.5 Å². The second-order valence-corrected chi connectivity index (χ2v) is 7.49. The van der Waals surface area contributed by atoms with E-state index in [1.165, 1.54) is 17.7 Å². The maximum absolute atomic E-state index is 12.7. The number of carbonyl (C=O) groups excluding carboxylic acids is 2. The number of aromatic nitrogens is 2. The molecule has 158 valence electrons. The minimum Gasteiger partial charge on any atom is -0.449 e. The number of halogens is 2. The molecule has 0 aliphatic carbocycles. The number of nitrogens with one attached hydrogen (secondary N) is 1. The van der Waals surface area contributed by atoms with Gasteiger partial charge in [0, 0.05) is 10.7 Å². The summed E-state index contributed by atoms with van der Waals surface area (Å²) in [5, 5.41) is 16.5. The van der Waals surface area contributed by atoms with Gasteiger partial charge < -0.3 is 10.1 Å². The van der Waals surface area contributed by atoms with Crippen LogP contribution in [0.5, 0.6) is 0 Å². The quantitative estimate of drug-likeness (QED) is 0.546. The highest BCUT2D eigenvalue weighted by atomic mass is 35.5. The molecular weight excluding hydrogens is 439 g/mol. The van der Waals surface area contributed by atoms with E-state index in [1.807, 2.05) is 24.3 Å². The molecule has 1 atom stereocenters. The Kier molecular flexibility index (Phi) is 6.95. The van der Waals surface area contributed by atoms with Gasteiger partial charge in [0.1, 0.15) is 10.7 Å². The molecule has 1 amide bonds. The Morgan fingerprint density at radius 2 is 1.97 bits per heavy atom. The second kappa shape index (κ2) is 9.65. The maximum atomic E-state index is 12.7. The van der Waals surface area contributed by atoms with Gasteiger partial charge in [0.2, 0.25) is 0 Å². The molecule has 1 aromatic heterocycles. The maximum Gasteiger partial charge on any atom is 0.343 e. The molecule has 0 bridgehead atoms. The third-order valence-electron chi connectivity index (χ3n) is 4.46. The first-order valence-corrected chi connectivity index (χ1v) is 10.0. The molecule has 0 spiro atoms. The van der Waals surface area contributed by atoms with Crippen LogP contribution in [-0.4, -0.2) is 27.8 Å². The number of esters is 1. The highest BCUT2D eigenvalue weighted by molar-refractivity contribution is 6.33. The zero-order chi connectivity index (χ0) is 22.5. The van der Waals surface area contributed by atoms with E-state index in [2.05, 4.69) is 10.4 Å². The van der Waals surface area contributed by atoms with E-state index in [-0.39, 0.29) is 17.3 Å². The van der Waals surface area contributed by atoms with Crippen molar-refractivity contribution in [2.45, 2.75) is 26.5 Å². The average Bonchev–Trinajstić information content (AvgIpc) is 3.02. The highest BCUT2D eigenvalue weighted by Crippen LogP contribution is 2.24. The minimum absolute atomic E-state index is 0.0832. The summed E-state index contributed by atoms with van der Waals surface area (Å²) in [5.74, 6) is -1.30. The van der Waals surface area contributed by atoms with Crippen LogP contribution in [0.4, 0.5) is 5.69 Å². The average molecular weight is 457 g/mol. The summed E-state index contributed by atoms with van der Waals surface area (Å²) < 4.78 is 6.75. The van der Waals surface area contributed by atoms with Gasteiger partial charge in [0.15, 0.2) is 6.10 Å². The summed E-state index contributed by atoms with van der Waals surface area (Å²) in [6.45, 7) is 3.35. The highest BCUT2D eigenvalue weighted by Gasteiger charge is 2.26. The lowest BCUT2D eigenvalue weighted by atomic mass is 10.2. The number of nitriles is 1. The molecule has 0 saturated carbocycles. The molecule has 0 aliphatic rings. The van der Waals surface area contributed by atoms with E-state index in [0.717, 1.165) is 5.56 Å². The van der Waals surface area contributed by atoms with Crippen molar-refractivity contribution in [2.75, 3.05) is 5.32 Å². The van der Waals surface area contributed by atoms with Crippen LogP contribution in [0, 0.1) is 18.3 Å². The van der Waals surface area contributed by atoms with Crippen molar-refractivity contribution in [2.24, 2.45) is 0 Å². The number of ether oxygens (including phenoxy) is 1. The van der Waals surface area contributed by atoms with Gasteiger partial charge in [0.25, 0.3) is 5.91 Å². The fraction of sp³-hybridized carbons (Fsp3) is 0.182. The zero-order valence-corrected chi connectivity index (χ0v) is 18.2. The summed E-state index contributed by atoms with van der Waals surface area (Å²) in [7, 11) is 0. The number of carbonyl (C=O) groups is 2. The van der Waals surface area contributed by atoms with Gasteiger partial charge in [-0.25, -0.2) is 9.48 Å². The monoisotopic (exact) mass is 456 g/mol. The van der Waals surface area contributed by atoms with Gasteiger partial charge >= 0.3 is 5.97 Å². The molecule has 7 nitrogen and oxygen atoms in total. The predicted octanol–water partition coefficient (Wildman–Crippen LogP) is 4.60. The molecule has 2 aromatic carbocycles. The van der Waals surface area contributed by atoms with E-state index in [9.17, 15) is 9.59 Å². The van der Waals surface area contributed by atoms with Gasteiger partial charge in [0.05, 0.1) is 23.9 Å². The second-order valence-electron chi connectivity index (χ2n) is 6.73. The van der Waals surface area contributed by atoms with Crippen LogP contribution in [0.2, 0.25) is 10.2 Å². The Hall–Kier alpha value is -3.34. The van der Waals surface area contributed by atoms with Gasteiger partial charge in [-0.15, -0.1) is 0 Å². The summed E-state index contributed by atoms with van der Waals surface area (Å²) in [6.07, 6.45) is -1.10. The van der Waals surface area contributed by atoms with Crippen molar-refractivity contribution in [3.05, 3.63) is 81.1 Å². The topological polar surface area (TPSA) is 97.0 Å². The zero-order valence-electron chi connectivity index (χ0n) is 16.7. The lowest BCUT2D eigenvalue weighted by molar-refractivity contribution is -0.123. The van der Waals surface area contributed by atoms with E-state index >= 15 is 0 Å². The summed E-state index contributed by atoms with van der Waals surface area (Å²) >= 11 is 12.6. The van der Waals surface area contributed by atoms with Crippen molar-refractivity contribution in [1.82, 2.24) is 9.78 Å². The minimum atomic E-state index is -1.10. The van der Waals surface area contributed by atoms with Gasteiger partial charge in [-0.1, -0.05) is 47.5 Å². The Labute approximate surface area is 189 Å². The molecular formula is C22H18Cl2N4O3. The first-order chi connectivity index (χ1) is 14.8. The van der Waals surface area contributed by atoms with E-state index < -0.39 is 18.0 Å². The Morgan fingerprint density at radius 1 is 1.23 bits per heavy atom. The number of hydrogen-bond donors (Lipinski definition) is 1. The molecule has 1 unspecified atom stereocenters. The molecule has 1 N–H and O–H groups in total. The first-order valence-electron chi connectivity index (χ1n) is 9.28. The standard InChI is InChI=1S/C22H18Cl2N4O3/c1-13-19(20(24)28(27-13)12-16-7-3-4-9-18(16)23)22(30)31-14(2)21(29)26-17-8-5-6-15(10-17)11-25/h3-10,14H,12H2,1-2H3,(H,26,29). The normalized spacial score (nSPS) is 11.5. The van der Waals surface area contributed by atoms with E-state index in [1.54, 1.807) is 31.2 Å². The van der Waals surface area contributed by atoms with Crippen molar-refractivity contribution < 1.29 is 14.3 Å². The van der Waals surface area contributed by atoms with Crippen molar-refractivity contribution in [3.63, 3.8) is 0 Å². The Morgan fingerprint density at radius 3 is 2.68 bits per heavy atom. The third-order valence-corrected chi connectivity index (χ3v) is 5.21. The molecule has 0 radical (unpaired) electrons. The molecule has 31 heavy (non-hydrogen) atoms. The van der Waals surface area contributed by atoms with E-state index in [0.29, 0.717) is 22.0 Å². The van der Waals surface area contributed by atoms with Crippen LogP contribution in [-0.2, 0) is 16.1 Å². The largest absolute Gasteiger partial charge is 0.449 e. The van der Waals surface area contributed by atoms with E-state index in [4.69, 9.17) is 33.2 Å². The molecule has 3 rings (SSSR count). The van der Waals surface area contributed by atoms with Crippen LogP contribution in [0.1, 0.15) is 34.1 Å². The summed E-state index contributed by atoms with van der Waals surface area (Å²) in [4.78, 5) is 25.1. The van der Waals surface area contributed by atoms with Crippen LogP contribution < -0.4 is 5.32 Å². The molecule has 0 aliphatic heterocycles. The molecule has 9 heteroatoms. The number of rotatable bonds is 6. The lowest BCUT2D eigenvalue weighted by Gasteiger charge is -2.13.